The van der Waals surface area contributed by atoms with Crippen molar-refractivity contribution >= 4 is 57.5 Å². The molecular weight excluding hydrogens is 847 g/mol. The number of fused-ring (bicyclic) bond motifs is 4. The van der Waals surface area contributed by atoms with Crippen molar-refractivity contribution in [1.29, 1.82) is 0 Å². The lowest BCUT2D eigenvalue weighted by atomic mass is 9.89. The zero-order valence-electron chi connectivity index (χ0n) is 38.1. The predicted molar refractivity (Wildman–Crippen MR) is 250 cm³/mol. The third kappa shape index (κ3) is 10.5. The van der Waals surface area contributed by atoms with Gasteiger partial charge in [-0.1, -0.05) is 12.1 Å². The quantitative estimate of drug-likeness (QED) is 0.120. The molecule has 16 nitrogen and oxygen atoms in total. The van der Waals surface area contributed by atoms with E-state index < -0.39 is 23.8 Å². The Bertz CT molecular complexity index is 2830. The number of methoxy groups -OCH3 is 2. The lowest BCUT2D eigenvalue weighted by Crippen LogP contribution is -2.36. The minimum absolute atomic E-state index is 0.0310. The Morgan fingerprint density at radius 3 is 2.00 bits per heavy atom. The van der Waals surface area contributed by atoms with Gasteiger partial charge in [-0.2, -0.15) is 0 Å². The van der Waals surface area contributed by atoms with Crippen LogP contribution in [0.25, 0.3) is 33.4 Å². The molecule has 4 aromatic carbocycles. The summed E-state index contributed by atoms with van der Waals surface area (Å²) in [7, 11) is 10.3. The highest BCUT2D eigenvalue weighted by molar-refractivity contribution is 6.10. The van der Waals surface area contributed by atoms with Gasteiger partial charge in [0.15, 0.2) is 0 Å². The molecule has 1 aliphatic carbocycles. The molecular formula is C50H53N5O11. The summed E-state index contributed by atoms with van der Waals surface area (Å²) in [5.74, 6) is -1.56. The largest absolute Gasteiger partial charge is 0.545 e. The SMILES string of the molecule is COC(=O)CN1CCOCCN(CC(=O)OC)c2ccc(NC(=O)c3ccc(-c4c5ccc(=[N+](C)C)cc-5oc5cc(N(C)C)ccc45)c(C(=O)[O-])c3)cc2OCCOc2cc(C)ccc21. The number of nitrogens with one attached hydrogen (secondary N) is 1. The number of hydrogen-bond donors (Lipinski definition) is 1. The van der Waals surface area contributed by atoms with Gasteiger partial charge in [-0.25, -0.2) is 4.58 Å². The normalized spacial score (nSPS) is 13.3. The molecule has 1 N–H and O–H groups in total. The molecule has 2 heterocycles. The van der Waals surface area contributed by atoms with Crippen LogP contribution in [0.3, 0.4) is 0 Å². The number of anilines is 4. The van der Waals surface area contributed by atoms with E-state index in [4.69, 9.17) is 28.1 Å². The van der Waals surface area contributed by atoms with Crippen molar-refractivity contribution in [1.82, 2.24) is 4.58 Å². The van der Waals surface area contributed by atoms with Crippen LogP contribution in [-0.2, 0) is 23.8 Å². The number of nitrogens with zero attached hydrogens (tertiary/aromatic N) is 4. The van der Waals surface area contributed by atoms with Crippen molar-refractivity contribution in [2.45, 2.75) is 6.92 Å². The molecule has 0 bridgehead atoms. The zero-order chi connectivity index (χ0) is 47.1. The van der Waals surface area contributed by atoms with Crippen molar-refractivity contribution < 1.29 is 52.4 Å². The number of hydrogen-bond acceptors (Lipinski definition) is 14. The molecule has 66 heavy (non-hydrogen) atoms. The van der Waals surface area contributed by atoms with Gasteiger partial charge in [0.05, 0.1) is 50.8 Å². The average molecular weight is 900 g/mol. The Hall–Kier alpha value is -7.59. The monoisotopic (exact) mass is 899 g/mol. The summed E-state index contributed by atoms with van der Waals surface area (Å²) in [5, 5.41) is 17.4. The fourth-order valence-electron chi connectivity index (χ4n) is 7.72. The molecule has 0 saturated carbocycles. The summed E-state index contributed by atoms with van der Waals surface area (Å²) in [6.07, 6.45) is 0. The lowest BCUT2D eigenvalue weighted by molar-refractivity contribution is -0.255. The second kappa shape index (κ2) is 20.5. The zero-order valence-corrected chi connectivity index (χ0v) is 38.1. The lowest BCUT2D eigenvalue weighted by Gasteiger charge is -2.27. The van der Waals surface area contributed by atoms with E-state index in [-0.39, 0.29) is 57.2 Å². The highest BCUT2D eigenvalue weighted by Gasteiger charge is 2.24. The van der Waals surface area contributed by atoms with Gasteiger partial charge in [-0.3, -0.25) is 14.4 Å². The Labute approximate surface area is 382 Å². The number of aromatic carboxylic acids is 1. The molecule has 2 aliphatic heterocycles. The van der Waals surface area contributed by atoms with Crippen LogP contribution in [0, 0.1) is 6.92 Å². The average Bonchev–Trinajstić information content (AvgIpc) is 3.30. The van der Waals surface area contributed by atoms with Gasteiger partial charge >= 0.3 is 11.9 Å². The first-order valence-corrected chi connectivity index (χ1v) is 21.3. The van der Waals surface area contributed by atoms with Gasteiger partial charge in [0.1, 0.15) is 63.2 Å². The first-order chi connectivity index (χ1) is 31.7. The standard InChI is InChI=1S/C50H53N5O11/c1-31-8-16-40-44(24-31)64-22-23-65-45-26-33(10-17-41(45)55(30-47(57)62-7)19-21-63-20-18-54(40)29-46(56)61-6)51-49(58)32-9-13-36(39(25-32)50(59)60)48-37-14-11-34(52(2)3)27-42(37)66-43-28-35(53(4)5)12-15-38(43)48/h8-17,24-28H,18-23,29-30H2,1-7H3,(H-,51,58,59,60). The number of aryl methyl sites for hydroxylation is 1. The Morgan fingerprint density at radius 2 is 1.38 bits per heavy atom. The number of benzene rings is 5. The number of esters is 2. The number of carboxylic acid groups (broad SMARTS) is 1. The van der Waals surface area contributed by atoms with Crippen LogP contribution in [0.4, 0.5) is 22.7 Å². The van der Waals surface area contributed by atoms with Gasteiger partial charge in [-0.05, 0) is 72.6 Å². The fourth-order valence-corrected chi connectivity index (χ4v) is 7.72. The number of rotatable bonds is 9. The maximum Gasteiger partial charge on any atom is 0.325 e. The van der Waals surface area contributed by atoms with Crippen LogP contribution < -0.4 is 44.5 Å². The maximum atomic E-state index is 14.0. The van der Waals surface area contributed by atoms with Gasteiger partial charge in [-0.15, -0.1) is 0 Å². The molecule has 7 rings (SSSR count). The van der Waals surface area contributed by atoms with Crippen molar-refractivity contribution in [3.05, 3.63) is 113 Å². The van der Waals surface area contributed by atoms with E-state index in [1.165, 1.54) is 20.3 Å². The second-order valence-corrected chi connectivity index (χ2v) is 16.1. The van der Waals surface area contributed by atoms with Crippen LogP contribution in [0.1, 0.15) is 26.3 Å². The molecule has 3 aliphatic rings. The summed E-state index contributed by atoms with van der Waals surface area (Å²) in [5.41, 5.74) is 5.48. The molecule has 1 amide bonds. The summed E-state index contributed by atoms with van der Waals surface area (Å²) in [4.78, 5) is 57.6. The third-order valence-corrected chi connectivity index (χ3v) is 11.2. The number of carboxylic acids is 1. The molecule has 0 saturated heterocycles. The minimum atomic E-state index is -1.46. The van der Waals surface area contributed by atoms with Crippen LogP contribution >= 0.6 is 0 Å². The number of carbonyl (C=O) groups is 4. The smallest absolute Gasteiger partial charge is 0.325 e. The van der Waals surface area contributed by atoms with E-state index in [0.717, 1.165) is 16.6 Å². The van der Waals surface area contributed by atoms with E-state index in [9.17, 15) is 24.3 Å². The van der Waals surface area contributed by atoms with Crippen molar-refractivity contribution in [3.63, 3.8) is 0 Å². The Balaban J connectivity index is 1.21. The van der Waals surface area contributed by atoms with Gasteiger partial charge in [0.2, 0.25) is 5.36 Å². The molecule has 16 heteroatoms. The Kier molecular flexibility index (Phi) is 14.4. The predicted octanol–water partition coefficient (Wildman–Crippen LogP) is 4.67. The summed E-state index contributed by atoms with van der Waals surface area (Å²) >= 11 is 0. The molecule has 0 spiro atoms. The first-order valence-electron chi connectivity index (χ1n) is 21.3. The molecule has 0 fully saturated rings. The van der Waals surface area contributed by atoms with Crippen molar-refractivity contribution in [2.75, 3.05) is 115 Å². The summed E-state index contributed by atoms with van der Waals surface area (Å²) in [6.45, 7) is 2.97. The topological polar surface area (TPSA) is 175 Å². The van der Waals surface area contributed by atoms with E-state index in [1.54, 1.807) is 35.2 Å². The van der Waals surface area contributed by atoms with E-state index >= 15 is 0 Å². The molecule has 0 radical (unpaired) electrons. The highest BCUT2D eigenvalue weighted by Crippen LogP contribution is 2.42. The Morgan fingerprint density at radius 1 is 0.742 bits per heavy atom. The van der Waals surface area contributed by atoms with Gasteiger partial charge < -0.3 is 58.0 Å². The van der Waals surface area contributed by atoms with E-state index in [0.29, 0.717) is 68.5 Å². The highest BCUT2D eigenvalue weighted by atomic mass is 16.5. The van der Waals surface area contributed by atoms with E-state index in [1.807, 2.05) is 104 Å². The molecule has 344 valence electrons. The van der Waals surface area contributed by atoms with Gasteiger partial charge in [0.25, 0.3) is 5.91 Å². The minimum Gasteiger partial charge on any atom is -0.545 e. The summed E-state index contributed by atoms with van der Waals surface area (Å²) in [6, 6.07) is 26.6. The molecule has 0 aromatic heterocycles. The van der Waals surface area contributed by atoms with Crippen LogP contribution in [0.5, 0.6) is 11.5 Å². The third-order valence-electron chi connectivity index (χ3n) is 11.2. The van der Waals surface area contributed by atoms with Gasteiger partial charge in [0, 0.05) is 84.4 Å². The fraction of sp³-hybridized carbons (Fsp3) is 0.300. The first kappa shape index (κ1) is 46.4. The number of amides is 1. The molecule has 0 atom stereocenters. The summed E-state index contributed by atoms with van der Waals surface area (Å²) < 4.78 is 36.9. The molecule has 4 aromatic rings. The van der Waals surface area contributed by atoms with Crippen LogP contribution in [-0.4, -0.2) is 119 Å². The van der Waals surface area contributed by atoms with Crippen molar-refractivity contribution in [2.24, 2.45) is 0 Å². The second-order valence-electron chi connectivity index (χ2n) is 16.1. The van der Waals surface area contributed by atoms with Crippen LogP contribution in [0.2, 0.25) is 0 Å². The van der Waals surface area contributed by atoms with Crippen LogP contribution in [0.15, 0.2) is 95.4 Å². The molecule has 0 unspecified atom stereocenters. The number of carbonyl (C=O) groups excluding carboxylic acids is 4. The van der Waals surface area contributed by atoms with E-state index in [2.05, 4.69) is 5.32 Å². The van der Waals surface area contributed by atoms with Crippen molar-refractivity contribution in [3.8, 4) is 33.9 Å². The number of ether oxygens (including phenoxy) is 5. The maximum absolute atomic E-state index is 14.0.